The summed E-state index contributed by atoms with van der Waals surface area (Å²) < 4.78 is 7.13. The largest absolute Gasteiger partial charge is 0.360 e. The third-order valence-corrected chi connectivity index (χ3v) is 4.71. The summed E-state index contributed by atoms with van der Waals surface area (Å²) in [6, 6.07) is 2.19. The van der Waals surface area contributed by atoms with Gasteiger partial charge in [-0.2, -0.15) is 10.4 Å². The molecule has 7 nitrogen and oxygen atoms in total. The second-order valence-electron chi connectivity index (χ2n) is 6.15. The van der Waals surface area contributed by atoms with E-state index in [0.717, 1.165) is 43.4 Å². The number of aromatic nitrogens is 3. The Kier molecular flexibility index (Phi) is 3.37. The molecule has 0 bridgehead atoms. The molecule has 1 aliphatic heterocycles. The van der Waals surface area contributed by atoms with E-state index in [4.69, 9.17) is 9.78 Å². The summed E-state index contributed by atoms with van der Waals surface area (Å²) in [7, 11) is 0. The third kappa shape index (κ3) is 2.40. The van der Waals surface area contributed by atoms with Gasteiger partial charge >= 0.3 is 0 Å². The molecule has 2 aliphatic rings. The number of fused-ring (bicyclic) bond motifs is 1. The summed E-state index contributed by atoms with van der Waals surface area (Å²) in [5.74, 6) is 0.827. The molecule has 3 heterocycles. The molecule has 2 aromatic heterocycles. The first-order valence-electron chi connectivity index (χ1n) is 7.97. The minimum Gasteiger partial charge on any atom is -0.360 e. The number of carbonyl (C=O) groups is 1. The molecule has 7 heteroatoms. The van der Waals surface area contributed by atoms with Crippen LogP contribution < -0.4 is 0 Å². The second kappa shape index (κ2) is 5.54. The first-order chi connectivity index (χ1) is 11.3. The van der Waals surface area contributed by atoms with Crippen molar-refractivity contribution in [3.05, 3.63) is 35.0 Å². The van der Waals surface area contributed by atoms with Gasteiger partial charge in [0.1, 0.15) is 11.8 Å². The van der Waals surface area contributed by atoms with Crippen LogP contribution in [0.25, 0.3) is 0 Å². The van der Waals surface area contributed by atoms with Crippen molar-refractivity contribution < 1.29 is 9.32 Å². The number of nitrogens with zero attached hydrogens (tertiary/aromatic N) is 5. The van der Waals surface area contributed by atoms with E-state index in [1.54, 1.807) is 17.1 Å². The molecule has 1 aliphatic carbocycles. The van der Waals surface area contributed by atoms with Crippen LogP contribution >= 0.6 is 0 Å². The van der Waals surface area contributed by atoms with Crippen LogP contribution in [0.2, 0.25) is 0 Å². The smallest absolute Gasteiger partial charge is 0.276 e. The van der Waals surface area contributed by atoms with Gasteiger partial charge in [-0.1, -0.05) is 5.16 Å². The number of aryl methyl sites for hydroxylation is 1. The minimum absolute atomic E-state index is 0.0490. The maximum atomic E-state index is 12.7. The lowest BCUT2D eigenvalue weighted by molar-refractivity contribution is 0.0776. The number of carbonyl (C=O) groups excluding carboxylic acids is 1. The second-order valence-corrected chi connectivity index (χ2v) is 6.15. The van der Waals surface area contributed by atoms with E-state index < -0.39 is 0 Å². The molecule has 23 heavy (non-hydrogen) atoms. The molecule has 1 amide bonds. The Bertz CT molecular complexity index is 785. The molecule has 1 atom stereocenters. The Morgan fingerprint density at radius 2 is 2.26 bits per heavy atom. The Balaban J connectivity index is 1.50. The van der Waals surface area contributed by atoms with Crippen LogP contribution in [0.5, 0.6) is 0 Å². The highest BCUT2D eigenvalue weighted by Gasteiger charge is 2.32. The van der Waals surface area contributed by atoms with Crippen molar-refractivity contribution >= 4 is 5.91 Å². The Labute approximate surface area is 133 Å². The first kappa shape index (κ1) is 14.0. The van der Waals surface area contributed by atoms with Crippen molar-refractivity contribution in [3.8, 4) is 6.07 Å². The lowest BCUT2D eigenvalue weighted by atomic mass is 9.96. The van der Waals surface area contributed by atoms with E-state index in [9.17, 15) is 4.79 Å². The van der Waals surface area contributed by atoms with Crippen molar-refractivity contribution in [1.29, 1.82) is 5.26 Å². The predicted molar refractivity (Wildman–Crippen MR) is 79.6 cm³/mol. The fraction of sp³-hybridized carbons (Fsp3) is 0.500. The molecular formula is C16H17N5O2. The van der Waals surface area contributed by atoms with E-state index >= 15 is 0 Å². The maximum Gasteiger partial charge on any atom is 0.276 e. The van der Waals surface area contributed by atoms with E-state index in [-0.39, 0.29) is 11.9 Å². The monoisotopic (exact) mass is 311 g/mol. The highest BCUT2D eigenvalue weighted by Crippen LogP contribution is 2.28. The van der Waals surface area contributed by atoms with Crippen molar-refractivity contribution in [2.45, 2.75) is 38.1 Å². The lowest BCUT2D eigenvalue weighted by Crippen LogP contribution is -2.30. The normalized spacial score (nSPS) is 20.3. The van der Waals surface area contributed by atoms with Gasteiger partial charge in [-0.25, -0.2) is 0 Å². The van der Waals surface area contributed by atoms with E-state index in [0.29, 0.717) is 24.3 Å². The molecule has 2 aromatic rings. The highest BCUT2D eigenvalue weighted by atomic mass is 16.5. The van der Waals surface area contributed by atoms with Crippen molar-refractivity contribution in [2.24, 2.45) is 0 Å². The van der Waals surface area contributed by atoms with E-state index in [1.165, 1.54) is 0 Å². The van der Waals surface area contributed by atoms with Crippen LogP contribution in [-0.4, -0.2) is 38.8 Å². The van der Waals surface area contributed by atoms with Gasteiger partial charge in [-0.05, 0) is 25.7 Å². The van der Waals surface area contributed by atoms with Gasteiger partial charge in [0.2, 0.25) is 0 Å². The molecule has 0 spiro atoms. The number of hydrogen-bond donors (Lipinski definition) is 0. The van der Waals surface area contributed by atoms with Crippen LogP contribution in [-0.2, 0) is 12.8 Å². The van der Waals surface area contributed by atoms with Gasteiger partial charge in [0.05, 0.1) is 17.8 Å². The Morgan fingerprint density at radius 3 is 3.09 bits per heavy atom. The van der Waals surface area contributed by atoms with Gasteiger partial charge in [0.15, 0.2) is 5.69 Å². The molecule has 0 N–H and O–H groups in total. The first-order valence-corrected chi connectivity index (χ1v) is 7.97. The van der Waals surface area contributed by atoms with Crippen molar-refractivity contribution in [2.75, 3.05) is 13.1 Å². The summed E-state index contributed by atoms with van der Waals surface area (Å²) >= 11 is 0. The van der Waals surface area contributed by atoms with Gasteiger partial charge in [-0.15, -0.1) is 0 Å². The third-order valence-electron chi connectivity index (χ3n) is 4.71. The standard InChI is InChI=1S/C16H17N5O2/c17-7-11-8-18-21(9-11)12-5-6-20(10-12)16(22)15-13-3-1-2-4-14(13)23-19-15/h8-9,12H,1-6,10H2. The van der Waals surface area contributed by atoms with Gasteiger partial charge < -0.3 is 9.42 Å². The van der Waals surface area contributed by atoms with E-state index in [2.05, 4.69) is 16.3 Å². The molecule has 0 saturated carbocycles. The van der Waals surface area contributed by atoms with Gasteiger partial charge in [0.25, 0.3) is 5.91 Å². The zero-order valence-electron chi connectivity index (χ0n) is 12.7. The van der Waals surface area contributed by atoms with Crippen molar-refractivity contribution in [1.82, 2.24) is 19.8 Å². The summed E-state index contributed by atoms with van der Waals surface area (Å²) in [5, 5.41) is 17.1. The Morgan fingerprint density at radius 1 is 1.39 bits per heavy atom. The summed E-state index contributed by atoms with van der Waals surface area (Å²) in [5.41, 5.74) is 2.02. The quantitative estimate of drug-likeness (QED) is 0.842. The van der Waals surface area contributed by atoms with Crippen LogP contribution in [0.3, 0.4) is 0 Å². The molecule has 1 fully saturated rings. The van der Waals surface area contributed by atoms with E-state index in [1.807, 2.05) is 4.90 Å². The molecule has 4 rings (SSSR count). The topological polar surface area (TPSA) is 88.0 Å². The highest BCUT2D eigenvalue weighted by molar-refractivity contribution is 5.94. The van der Waals surface area contributed by atoms with Gasteiger partial charge in [-0.3, -0.25) is 9.48 Å². The average Bonchev–Trinajstić information content (AvgIpc) is 3.31. The fourth-order valence-electron chi connectivity index (χ4n) is 3.44. The molecule has 0 radical (unpaired) electrons. The predicted octanol–water partition coefficient (Wildman–Crippen LogP) is 1.71. The zero-order chi connectivity index (χ0) is 15.8. The molecule has 1 saturated heterocycles. The summed E-state index contributed by atoms with van der Waals surface area (Å²) in [6.45, 7) is 1.26. The van der Waals surface area contributed by atoms with Crippen molar-refractivity contribution in [3.63, 3.8) is 0 Å². The number of rotatable bonds is 2. The van der Waals surface area contributed by atoms with Gasteiger partial charge in [0, 0.05) is 31.3 Å². The fourth-order valence-corrected chi connectivity index (χ4v) is 3.44. The summed E-state index contributed by atoms with van der Waals surface area (Å²) in [4.78, 5) is 14.6. The van der Waals surface area contributed by atoms with Crippen LogP contribution in [0.4, 0.5) is 0 Å². The van der Waals surface area contributed by atoms with Crippen LogP contribution in [0.1, 0.15) is 52.7 Å². The molecule has 118 valence electrons. The summed E-state index contributed by atoms with van der Waals surface area (Å²) in [6.07, 6.45) is 8.06. The zero-order valence-corrected chi connectivity index (χ0v) is 12.7. The maximum absolute atomic E-state index is 12.7. The number of hydrogen-bond acceptors (Lipinski definition) is 5. The SMILES string of the molecule is N#Cc1cnn(C2CCN(C(=O)c3noc4c3CCCC4)C2)c1. The Hall–Kier alpha value is -2.62. The average molecular weight is 311 g/mol. The van der Waals surface area contributed by atoms with Crippen LogP contribution in [0, 0.1) is 11.3 Å². The molecular weight excluding hydrogens is 294 g/mol. The lowest BCUT2D eigenvalue weighted by Gasteiger charge is -2.16. The number of amides is 1. The number of nitriles is 1. The van der Waals surface area contributed by atoms with Crippen LogP contribution in [0.15, 0.2) is 16.9 Å². The molecule has 0 aromatic carbocycles. The minimum atomic E-state index is -0.0490. The molecule has 1 unspecified atom stereocenters. The number of likely N-dealkylation sites (tertiary alicyclic amines) is 1.